The number of carbonyl (C=O) groups excluding carboxylic acids is 1. The fraction of sp³-hybridized carbons (Fsp3) is 0.304. The molecular weight excluding hydrogens is 444 g/mol. The molecule has 0 aliphatic carbocycles. The van der Waals surface area contributed by atoms with Gasteiger partial charge in [-0.1, -0.05) is 42.5 Å². The van der Waals surface area contributed by atoms with E-state index in [1.54, 1.807) is 17.9 Å². The molecule has 0 aliphatic rings. The van der Waals surface area contributed by atoms with Crippen LogP contribution in [0.25, 0.3) is 0 Å². The number of thiazole rings is 1. The molecule has 2 aromatic carbocycles. The maximum atomic E-state index is 12.0. The third-order valence-electron chi connectivity index (χ3n) is 4.26. The highest BCUT2D eigenvalue weighted by Gasteiger charge is 2.08. The molecule has 1 aromatic heterocycles. The van der Waals surface area contributed by atoms with Gasteiger partial charge in [-0.2, -0.15) is 0 Å². The summed E-state index contributed by atoms with van der Waals surface area (Å²) in [4.78, 5) is 16.1. The molecule has 32 heavy (non-hydrogen) atoms. The van der Waals surface area contributed by atoms with Gasteiger partial charge in [-0.15, -0.1) is 11.3 Å². The number of amides is 1. The predicted molar refractivity (Wildman–Crippen MR) is 133 cm³/mol. The quantitative estimate of drug-likeness (QED) is 0.354. The lowest BCUT2D eigenvalue weighted by Crippen LogP contribution is -2.23. The van der Waals surface area contributed by atoms with Crippen LogP contribution in [0, 0.1) is 0 Å². The molecule has 1 atom stereocenters. The van der Waals surface area contributed by atoms with E-state index in [0.717, 1.165) is 29.8 Å². The van der Waals surface area contributed by atoms with Crippen molar-refractivity contribution in [2.24, 2.45) is 0 Å². The van der Waals surface area contributed by atoms with Crippen LogP contribution in [-0.2, 0) is 28.4 Å². The summed E-state index contributed by atoms with van der Waals surface area (Å²) in [6.07, 6.45) is 3.82. The van der Waals surface area contributed by atoms with Crippen LogP contribution < -0.4 is 16.4 Å². The van der Waals surface area contributed by atoms with Gasteiger partial charge in [0.2, 0.25) is 5.91 Å². The number of nitrogen functional groups attached to an aromatic ring is 1. The number of aliphatic hydroxyl groups excluding tert-OH is 1. The van der Waals surface area contributed by atoms with E-state index < -0.39 is 16.9 Å². The minimum Gasteiger partial charge on any atom is -0.387 e. The van der Waals surface area contributed by atoms with Crippen molar-refractivity contribution in [3.63, 3.8) is 0 Å². The number of nitrogens with zero attached hydrogens (tertiary/aromatic N) is 1. The monoisotopic (exact) mass is 474 g/mol. The number of nitrogens with two attached hydrogens (primary N) is 1. The second-order valence-electron chi connectivity index (χ2n) is 7.22. The number of rotatable bonds is 9. The molecule has 0 aliphatic heterocycles. The van der Waals surface area contributed by atoms with Crippen LogP contribution in [0.1, 0.15) is 22.9 Å². The minimum absolute atomic E-state index is 0.116. The van der Waals surface area contributed by atoms with Crippen molar-refractivity contribution < 1.29 is 14.1 Å². The van der Waals surface area contributed by atoms with Crippen molar-refractivity contribution in [1.29, 1.82) is 0 Å². The van der Waals surface area contributed by atoms with Crippen molar-refractivity contribution in [1.82, 2.24) is 10.3 Å². The molecule has 3 aromatic rings. The summed E-state index contributed by atoms with van der Waals surface area (Å²) in [5.41, 5.74) is 9.08. The van der Waals surface area contributed by atoms with E-state index in [4.69, 9.17) is 5.73 Å². The van der Waals surface area contributed by atoms with Crippen molar-refractivity contribution in [2.75, 3.05) is 36.7 Å². The van der Waals surface area contributed by atoms with Crippen molar-refractivity contribution >= 4 is 38.9 Å². The summed E-state index contributed by atoms with van der Waals surface area (Å²) in [5, 5.41) is 18.5. The van der Waals surface area contributed by atoms with Crippen molar-refractivity contribution in [3.8, 4) is 0 Å². The first-order valence-electron chi connectivity index (χ1n) is 10.1. The lowest BCUT2D eigenvalue weighted by molar-refractivity contribution is -0.115. The Labute approximate surface area is 195 Å². The van der Waals surface area contributed by atoms with Crippen LogP contribution in [0.3, 0.4) is 0 Å². The summed E-state index contributed by atoms with van der Waals surface area (Å²) < 4.78 is 9.56. The van der Waals surface area contributed by atoms with E-state index in [9.17, 15) is 14.1 Å². The number of aromatic nitrogens is 1. The lowest BCUT2D eigenvalue weighted by atomic mass is 10.1. The van der Waals surface area contributed by atoms with Gasteiger partial charge in [-0.05, 0) is 36.2 Å². The van der Waals surface area contributed by atoms with E-state index in [0.29, 0.717) is 17.4 Å². The minimum atomic E-state index is -0.611. The highest BCUT2D eigenvalue weighted by Crippen LogP contribution is 2.14. The molecule has 172 valence electrons. The summed E-state index contributed by atoms with van der Waals surface area (Å²) in [6, 6.07) is 17.4. The van der Waals surface area contributed by atoms with Crippen LogP contribution in [0.2, 0.25) is 0 Å². The molecular formula is C23H30N4O3S2. The average molecular weight is 475 g/mol. The number of hydrogen-bond donors (Lipinski definition) is 4. The molecule has 0 fully saturated rings. The normalized spacial score (nSPS) is 11.5. The first-order chi connectivity index (χ1) is 15.3. The Morgan fingerprint density at radius 1 is 1.16 bits per heavy atom. The van der Waals surface area contributed by atoms with Gasteiger partial charge >= 0.3 is 0 Å². The summed E-state index contributed by atoms with van der Waals surface area (Å²) in [5.74, 6) is -0.116. The van der Waals surface area contributed by atoms with Gasteiger partial charge in [0.25, 0.3) is 0 Å². The standard InChI is InChI=1S/C21H24N4O2S.C2H6OS/c22-21-25-18(14-28-21)12-20(27)24-17-8-6-15(7-9-17)10-11-23-13-19(26)16-4-2-1-3-5-16;1-4(2)3/h1-9,14,19,23,26H,10-13H2,(H2,22,25)(H,24,27);1-2H3/t19-;/m0./s1. The molecule has 0 saturated carbocycles. The van der Waals surface area contributed by atoms with Gasteiger partial charge in [0.15, 0.2) is 5.13 Å². The zero-order valence-corrected chi connectivity index (χ0v) is 19.9. The maximum Gasteiger partial charge on any atom is 0.230 e. The Morgan fingerprint density at radius 2 is 1.81 bits per heavy atom. The van der Waals surface area contributed by atoms with Gasteiger partial charge in [-0.25, -0.2) is 4.98 Å². The molecule has 1 heterocycles. The van der Waals surface area contributed by atoms with E-state index in [-0.39, 0.29) is 12.3 Å². The number of carbonyl (C=O) groups is 1. The Kier molecular flexibility index (Phi) is 11.0. The Hall–Kier alpha value is -2.59. The largest absolute Gasteiger partial charge is 0.387 e. The Morgan fingerprint density at radius 3 is 2.41 bits per heavy atom. The summed E-state index contributed by atoms with van der Waals surface area (Å²) in [7, 11) is -0.611. The third kappa shape index (κ3) is 10.1. The highest BCUT2D eigenvalue weighted by atomic mass is 32.2. The van der Waals surface area contributed by atoms with Crippen LogP contribution in [0.4, 0.5) is 10.8 Å². The molecule has 7 nitrogen and oxygen atoms in total. The van der Waals surface area contributed by atoms with Crippen molar-refractivity contribution in [3.05, 3.63) is 76.8 Å². The third-order valence-corrected chi connectivity index (χ3v) is 4.98. The van der Waals surface area contributed by atoms with Crippen LogP contribution in [0.5, 0.6) is 0 Å². The molecule has 0 spiro atoms. The second-order valence-corrected chi connectivity index (χ2v) is 9.59. The molecule has 0 saturated heterocycles. The first kappa shape index (κ1) is 25.7. The number of hydrogen-bond acceptors (Lipinski definition) is 7. The number of aliphatic hydroxyl groups is 1. The molecule has 0 bridgehead atoms. The summed E-state index contributed by atoms with van der Waals surface area (Å²) in [6.45, 7) is 1.28. The average Bonchev–Trinajstić information content (AvgIpc) is 3.16. The first-order valence-corrected chi connectivity index (χ1v) is 13.0. The molecule has 5 N–H and O–H groups in total. The fourth-order valence-electron chi connectivity index (χ4n) is 2.79. The molecule has 1 amide bonds. The Bertz CT molecular complexity index is 974. The smallest absolute Gasteiger partial charge is 0.230 e. The van der Waals surface area contributed by atoms with Gasteiger partial charge in [0.05, 0.1) is 18.2 Å². The highest BCUT2D eigenvalue weighted by molar-refractivity contribution is 7.83. The Balaban J connectivity index is 0.000000837. The van der Waals surface area contributed by atoms with E-state index in [1.165, 1.54) is 11.3 Å². The van der Waals surface area contributed by atoms with Gasteiger partial charge in [-0.3, -0.25) is 9.00 Å². The lowest BCUT2D eigenvalue weighted by Gasteiger charge is -2.12. The zero-order valence-electron chi connectivity index (χ0n) is 18.3. The van der Waals surface area contributed by atoms with Crippen molar-refractivity contribution in [2.45, 2.75) is 18.9 Å². The fourth-order valence-corrected chi connectivity index (χ4v) is 3.36. The SMILES string of the molecule is CS(C)=O.Nc1nc(CC(=O)Nc2ccc(CCNC[C@H](O)c3ccccc3)cc2)cs1. The zero-order chi connectivity index (χ0) is 23.3. The molecule has 0 unspecified atom stereocenters. The van der Waals surface area contributed by atoms with Gasteiger partial charge in [0.1, 0.15) is 0 Å². The molecule has 0 radical (unpaired) electrons. The van der Waals surface area contributed by atoms with Gasteiger partial charge in [0, 0.05) is 40.9 Å². The van der Waals surface area contributed by atoms with E-state index in [2.05, 4.69) is 15.6 Å². The number of benzene rings is 2. The number of nitrogens with one attached hydrogen (secondary N) is 2. The van der Waals surface area contributed by atoms with E-state index in [1.807, 2.05) is 54.6 Å². The number of anilines is 2. The summed E-state index contributed by atoms with van der Waals surface area (Å²) >= 11 is 1.33. The van der Waals surface area contributed by atoms with Gasteiger partial charge < -0.3 is 21.5 Å². The predicted octanol–water partition coefficient (Wildman–Crippen LogP) is 2.77. The molecule has 3 rings (SSSR count). The van der Waals surface area contributed by atoms with Crippen LogP contribution >= 0.6 is 11.3 Å². The van der Waals surface area contributed by atoms with Crippen LogP contribution in [-0.4, -0.2) is 45.8 Å². The molecule has 9 heteroatoms. The maximum absolute atomic E-state index is 12.0. The topological polar surface area (TPSA) is 117 Å². The van der Waals surface area contributed by atoms with E-state index >= 15 is 0 Å². The second kappa shape index (κ2) is 13.7. The van der Waals surface area contributed by atoms with Crippen LogP contribution in [0.15, 0.2) is 60.0 Å².